The first kappa shape index (κ1) is 15.8. The quantitative estimate of drug-likeness (QED) is 0.817. The van der Waals surface area contributed by atoms with Gasteiger partial charge in [0.1, 0.15) is 5.82 Å². The van der Waals surface area contributed by atoms with Crippen molar-refractivity contribution >= 4 is 11.6 Å². The summed E-state index contributed by atoms with van der Waals surface area (Å²) in [6, 6.07) is 4.94. The molecule has 1 atom stereocenters. The third kappa shape index (κ3) is 4.20. The van der Waals surface area contributed by atoms with Crippen LogP contribution in [0.3, 0.4) is 0 Å². The van der Waals surface area contributed by atoms with E-state index in [0.29, 0.717) is 22.9 Å². The van der Waals surface area contributed by atoms with E-state index in [-0.39, 0.29) is 11.9 Å². The Morgan fingerprint density at radius 3 is 2.60 bits per heavy atom. The number of rotatable bonds is 5. The van der Waals surface area contributed by atoms with Crippen LogP contribution in [0.1, 0.15) is 51.0 Å². The highest BCUT2D eigenvalue weighted by atomic mass is 35.5. The van der Waals surface area contributed by atoms with Crippen LogP contribution in [0.15, 0.2) is 18.2 Å². The minimum atomic E-state index is -0.229. The summed E-state index contributed by atoms with van der Waals surface area (Å²) in [5, 5.41) is 0.444. The van der Waals surface area contributed by atoms with Gasteiger partial charge in [-0.15, -0.1) is 0 Å². The molecule has 1 aromatic carbocycles. The highest BCUT2D eigenvalue weighted by molar-refractivity contribution is 6.30. The van der Waals surface area contributed by atoms with E-state index in [1.54, 1.807) is 12.1 Å². The van der Waals surface area contributed by atoms with E-state index in [9.17, 15) is 4.39 Å². The lowest BCUT2D eigenvalue weighted by Crippen LogP contribution is -2.35. The molecule has 1 unspecified atom stereocenters. The average molecular weight is 298 g/mol. The van der Waals surface area contributed by atoms with Crippen molar-refractivity contribution in [1.82, 2.24) is 0 Å². The summed E-state index contributed by atoms with van der Waals surface area (Å²) in [4.78, 5) is 0. The fourth-order valence-electron chi connectivity index (χ4n) is 3.42. The third-order valence-corrected chi connectivity index (χ3v) is 4.90. The molecule has 1 aliphatic rings. The van der Waals surface area contributed by atoms with Crippen molar-refractivity contribution in [2.24, 2.45) is 17.6 Å². The summed E-state index contributed by atoms with van der Waals surface area (Å²) in [5.74, 6) is 1.20. The maximum atomic E-state index is 13.8. The van der Waals surface area contributed by atoms with E-state index in [1.165, 1.54) is 44.6 Å². The van der Waals surface area contributed by atoms with E-state index < -0.39 is 0 Å². The van der Waals surface area contributed by atoms with Gasteiger partial charge in [-0.1, -0.05) is 50.3 Å². The summed E-state index contributed by atoms with van der Waals surface area (Å²) in [7, 11) is 0. The molecule has 1 aliphatic carbocycles. The molecule has 0 saturated heterocycles. The molecule has 0 heterocycles. The SMILES string of the molecule is CCCC1CCC(C(N)Cc2ccc(Cl)cc2F)CC1. The number of hydrogen-bond donors (Lipinski definition) is 1. The van der Waals surface area contributed by atoms with Crippen LogP contribution in [0.5, 0.6) is 0 Å². The van der Waals surface area contributed by atoms with Crippen LogP contribution in [0.2, 0.25) is 5.02 Å². The van der Waals surface area contributed by atoms with Crippen LogP contribution < -0.4 is 5.73 Å². The molecule has 1 fully saturated rings. The topological polar surface area (TPSA) is 26.0 Å². The van der Waals surface area contributed by atoms with Crippen LogP contribution in [-0.2, 0) is 6.42 Å². The molecule has 2 rings (SSSR count). The first-order chi connectivity index (χ1) is 9.60. The fourth-order valence-corrected chi connectivity index (χ4v) is 3.58. The van der Waals surface area contributed by atoms with Gasteiger partial charge in [-0.3, -0.25) is 0 Å². The summed E-state index contributed by atoms with van der Waals surface area (Å²) in [6.07, 6.45) is 8.20. The van der Waals surface area contributed by atoms with Crippen molar-refractivity contribution in [3.8, 4) is 0 Å². The third-order valence-electron chi connectivity index (χ3n) is 4.66. The Hall–Kier alpha value is -0.600. The number of benzene rings is 1. The fraction of sp³-hybridized carbons (Fsp3) is 0.647. The minimum Gasteiger partial charge on any atom is -0.327 e. The van der Waals surface area contributed by atoms with Gasteiger partial charge in [0.2, 0.25) is 0 Å². The predicted octanol–water partition coefficient (Wildman–Crippen LogP) is 4.96. The second-order valence-corrected chi connectivity index (χ2v) is 6.61. The highest BCUT2D eigenvalue weighted by Crippen LogP contribution is 2.33. The van der Waals surface area contributed by atoms with Crippen molar-refractivity contribution in [3.63, 3.8) is 0 Å². The first-order valence-electron chi connectivity index (χ1n) is 7.79. The lowest BCUT2D eigenvalue weighted by molar-refractivity contribution is 0.232. The largest absolute Gasteiger partial charge is 0.327 e. The smallest absolute Gasteiger partial charge is 0.127 e. The van der Waals surface area contributed by atoms with E-state index in [4.69, 9.17) is 17.3 Å². The Labute approximate surface area is 126 Å². The molecule has 0 aliphatic heterocycles. The average Bonchev–Trinajstić information content (AvgIpc) is 2.43. The maximum Gasteiger partial charge on any atom is 0.127 e. The van der Waals surface area contributed by atoms with Gasteiger partial charge in [-0.2, -0.15) is 0 Å². The molecule has 0 aromatic heterocycles. The second kappa shape index (κ2) is 7.42. The zero-order chi connectivity index (χ0) is 14.5. The van der Waals surface area contributed by atoms with Crippen LogP contribution in [0, 0.1) is 17.7 Å². The Balaban J connectivity index is 1.87. The molecule has 0 spiro atoms. The van der Waals surface area contributed by atoms with Gasteiger partial charge >= 0.3 is 0 Å². The molecular weight excluding hydrogens is 273 g/mol. The molecule has 1 aromatic rings. The van der Waals surface area contributed by atoms with Crippen LogP contribution in [0.4, 0.5) is 4.39 Å². The molecule has 1 nitrogen and oxygen atoms in total. The monoisotopic (exact) mass is 297 g/mol. The minimum absolute atomic E-state index is 0.0632. The van der Waals surface area contributed by atoms with E-state index >= 15 is 0 Å². The summed E-state index contributed by atoms with van der Waals surface area (Å²) in [5.41, 5.74) is 7.00. The van der Waals surface area contributed by atoms with Crippen molar-refractivity contribution in [2.75, 3.05) is 0 Å². The molecule has 1 saturated carbocycles. The summed E-state index contributed by atoms with van der Waals surface area (Å²) in [6.45, 7) is 2.25. The lowest BCUT2D eigenvalue weighted by atomic mass is 9.76. The molecule has 0 radical (unpaired) electrons. The Morgan fingerprint density at radius 1 is 1.30 bits per heavy atom. The van der Waals surface area contributed by atoms with Gasteiger partial charge in [-0.25, -0.2) is 4.39 Å². The Morgan fingerprint density at radius 2 is 2.00 bits per heavy atom. The number of hydrogen-bond acceptors (Lipinski definition) is 1. The molecule has 112 valence electrons. The number of nitrogens with two attached hydrogens (primary N) is 1. The van der Waals surface area contributed by atoms with Gasteiger partial charge in [0, 0.05) is 11.1 Å². The van der Waals surface area contributed by atoms with E-state index in [2.05, 4.69) is 6.92 Å². The van der Waals surface area contributed by atoms with Gasteiger partial charge < -0.3 is 5.73 Å². The van der Waals surface area contributed by atoms with Gasteiger partial charge in [0.25, 0.3) is 0 Å². The number of halogens is 2. The van der Waals surface area contributed by atoms with Gasteiger partial charge in [0.15, 0.2) is 0 Å². The first-order valence-corrected chi connectivity index (χ1v) is 8.17. The molecule has 0 bridgehead atoms. The summed E-state index contributed by atoms with van der Waals surface area (Å²) < 4.78 is 13.8. The molecule has 3 heteroatoms. The van der Waals surface area contributed by atoms with Crippen molar-refractivity contribution in [1.29, 1.82) is 0 Å². The standard InChI is InChI=1S/C17H25ClFN/c1-2-3-12-4-6-13(7-5-12)17(20)10-14-8-9-15(18)11-16(14)19/h8-9,11-13,17H,2-7,10,20H2,1H3. The maximum absolute atomic E-state index is 13.8. The van der Waals surface area contributed by atoms with E-state index in [1.807, 2.05) is 0 Å². The Kier molecular flexibility index (Phi) is 5.86. The second-order valence-electron chi connectivity index (χ2n) is 6.17. The molecule has 20 heavy (non-hydrogen) atoms. The van der Waals surface area contributed by atoms with Gasteiger partial charge in [0.05, 0.1) is 0 Å². The van der Waals surface area contributed by atoms with Crippen molar-refractivity contribution in [2.45, 2.75) is 57.9 Å². The van der Waals surface area contributed by atoms with Gasteiger partial charge in [-0.05, 0) is 48.8 Å². The lowest BCUT2D eigenvalue weighted by Gasteiger charge is -2.32. The van der Waals surface area contributed by atoms with Crippen LogP contribution in [0.25, 0.3) is 0 Å². The molecule has 0 amide bonds. The Bertz CT molecular complexity index is 427. The van der Waals surface area contributed by atoms with Crippen LogP contribution in [-0.4, -0.2) is 6.04 Å². The van der Waals surface area contributed by atoms with Crippen molar-refractivity contribution < 1.29 is 4.39 Å². The highest BCUT2D eigenvalue weighted by Gasteiger charge is 2.25. The molecule has 2 N–H and O–H groups in total. The zero-order valence-electron chi connectivity index (χ0n) is 12.2. The molecular formula is C17H25ClFN. The summed E-state index contributed by atoms with van der Waals surface area (Å²) >= 11 is 5.78. The zero-order valence-corrected chi connectivity index (χ0v) is 13.0. The normalized spacial score (nSPS) is 24.6. The van der Waals surface area contributed by atoms with E-state index in [0.717, 1.165) is 5.92 Å². The van der Waals surface area contributed by atoms with Crippen molar-refractivity contribution in [3.05, 3.63) is 34.6 Å². The predicted molar refractivity (Wildman–Crippen MR) is 83.4 cm³/mol. The van der Waals surface area contributed by atoms with Crippen LogP contribution >= 0.6 is 11.6 Å².